The standard InChI is InChI=1S/C8H13N/c1-4-9(7(2)3)8-5-6-8/h4,8H,1-2,5-6H2,3H3. The van der Waals surface area contributed by atoms with Crippen LogP contribution in [0.25, 0.3) is 0 Å². The van der Waals surface area contributed by atoms with Gasteiger partial charge in [0.15, 0.2) is 0 Å². The molecule has 0 aromatic heterocycles. The Morgan fingerprint density at radius 3 is 2.33 bits per heavy atom. The third kappa shape index (κ3) is 1.35. The lowest BCUT2D eigenvalue weighted by Crippen LogP contribution is -2.15. The first-order valence-corrected chi connectivity index (χ1v) is 3.32. The van der Waals surface area contributed by atoms with Gasteiger partial charge in [-0.05, 0) is 26.0 Å². The van der Waals surface area contributed by atoms with Crippen LogP contribution in [0.1, 0.15) is 19.8 Å². The molecule has 0 spiro atoms. The van der Waals surface area contributed by atoms with Crippen molar-refractivity contribution in [3.05, 3.63) is 25.1 Å². The molecule has 0 atom stereocenters. The topological polar surface area (TPSA) is 3.24 Å². The second kappa shape index (κ2) is 2.26. The van der Waals surface area contributed by atoms with Gasteiger partial charge in [-0.1, -0.05) is 13.2 Å². The Morgan fingerprint density at radius 1 is 1.67 bits per heavy atom. The van der Waals surface area contributed by atoms with Gasteiger partial charge < -0.3 is 4.90 Å². The first-order chi connectivity index (χ1) is 4.25. The van der Waals surface area contributed by atoms with Crippen LogP contribution in [-0.2, 0) is 0 Å². The first-order valence-electron chi connectivity index (χ1n) is 3.32. The minimum absolute atomic E-state index is 0.722. The van der Waals surface area contributed by atoms with E-state index in [1.54, 1.807) is 0 Å². The molecule has 1 heteroatoms. The van der Waals surface area contributed by atoms with E-state index in [0.29, 0.717) is 0 Å². The average Bonchev–Trinajstić information content (AvgIpc) is 2.50. The Labute approximate surface area is 56.7 Å². The van der Waals surface area contributed by atoms with E-state index in [-0.39, 0.29) is 0 Å². The van der Waals surface area contributed by atoms with Gasteiger partial charge in [-0.3, -0.25) is 0 Å². The summed E-state index contributed by atoms with van der Waals surface area (Å²) in [6, 6.07) is 0.722. The summed E-state index contributed by atoms with van der Waals surface area (Å²) in [5.74, 6) is 0. The predicted molar refractivity (Wildman–Crippen MR) is 39.9 cm³/mol. The predicted octanol–water partition coefficient (Wildman–Crippen LogP) is 2.13. The number of nitrogens with zero attached hydrogens (tertiary/aromatic N) is 1. The minimum Gasteiger partial charge on any atom is -0.350 e. The molecule has 1 saturated carbocycles. The highest BCUT2D eigenvalue weighted by atomic mass is 15.2. The lowest BCUT2D eigenvalue weighted by Gasteiger charge is -2.18. The fraction of sp³-hybridized carbons (Fsp3) is 0.500. The highest BCUT2D eigenvalue weighted by Gasteiger charge is 2.26. The molecule has 1 aliphatic carbocycles. The largest absolute Gasteiger partial charge is 0.350 e. The van der Waals surface area contributed by atoms with Crippen LogP contribution in [0.2, 0.25) is 0 Å². The molecule has 1 aliphatic rings. The molecule has 0 unspecified atom stereocenters. The van der Waals surface area contributed by atoms with Gasteiger partial charge in [0.05, 0.1) is 0 Å². The molecule has 0 radical (unpaired) electrons. The van der Waals surface area contributed by atoms with E-state index in [0.717, 1.165) is 11.7 Å². The van der Waals surface area contributed by atoms with E-state index in [1.807, 2.05) is 13.1 Å². The van der Waals surface area contributed by atoms with E-state index in [4.69, 9.17) is 0 Å². The van der Waals surface area contributed by atoms with Crippen LogP contribution in [0.3, 0.4) is 0 Å². The van der Waals surface area contributed by atoms with Crippen LogP contribution in [0.5, 0.6) is 0 Å². The zero-order valence-corrected chi connectivity index (χ0v) is 5.93. The molecule has 0 aromatic carbocycles. The molecule has 50 valence electrons. The maximum Gasteiger partial charge on any atom is 0.0334 e. The lowest BCUT2D eigenvalue weighted by molar-refractivity contribution is 0.459. The van der Waals surface area contributed by atoms with Gasteiger partial charge in [0, 0.05) is 11.7 Å². The van der Waals surface area contributed by atoms with Crippen molar-refractivity contribution in [2.24, 2.45) is 0 Å². The number of hydrogen-bond acceptors (Lipinski definition) is 1. The molecule has 0 N–H and O–H groups in total. The second-order valence-electron chi connectivity index (χ2n) is 2.56. The van der Waals surface area contributed by atoms with Crippen LogP contribution < -0.4 is 0 Å². The third-order valence-corrected chi connectivity index (χ3v) is 1.58. The normalized spacial score (nSPS) is 17.0. The second-order valence-corrected chi connectivity index (χ2v) is 2.56. The Balaban J connectivity index is 2.47. The fourth-order valence-electron chi connectivity index (χ4n) is 0.969. The molecular weight excluding hydrogens is 110 g/mol. The Hall–Kier alpha value is -0.720. The zero-order chi connectivity index (χ0) is 6.85. The maximum absolute atomic E-state index is 3.84. The Kier molecular flexibility index (Phi) is 1.60. The van der Waals surface area contributed by atoms with Crippen molar-refractivity contribution in [1.82, 2.24) is 4.90 Å². The highest BCUT2D eigenvalue weighted by molar-refractivity contribution is 5.02. The lowest BCUT2D eigenvalue weighted by atomic mass is 10.4. The van der Waals surface area contributed by atoms with Crippen molar-refractivity contribution < 1.29 is 0 Å². The maximum atomic E-state index is 3.84. The Bertz CT molecular complexity index is 134. The molecule has 0 saturated heterocycles. The third-order valence-electron chi connectivity index (χ3n) is 1.58. The molecule has 0 aliphatic heterocycles. The zero-order valence-electron chi connectivity index (χ0n) is 5.93. The number of rotatable bonds is 3. The van der Waals surface area contributed by atoms with Crippen LogP contribution in [0, 0.1) is 0 Å². The van der Waals surface area contributed by atoms with Crippen molar-refractivity contribution in [2.45, 2.75) is 25.8 Å². The van der Waals surface area contributed by atoms with Crippen molar-refractivity contribution in [1.29, 1.82) is 0 Å². The number of allylic oxidation sites excluding steroid dienone is 1. The van der Waals surface area contributed by atoms with Gasteiger partial charge in [0.2, 0.25) is 0 Å². The van der Waals surface area contributed by atoms with Gasteiger partial charge in [-0.25, -0.2) is 0 Å². The first kappa shape index (κ1) is 6.40. The van der Waals surface area contributed by atoms with E-state index < -0.39 is 0 Å². The summed E-state index contributed by atoms with van der Waals surface area (Å²) in [6.07, 6.45) is 4.47. The summed E-state index contributed by atoms with van der Waals surface area (Å²) in [4.78, 5) is 2.14. The summed E-state index contributed by atoms with van der Waals surface area (Å²) in [6.45, 7) is 9.56. The number of hydrogen-bond donors (Lipinski definition) is 0. The smallest absolute Gasteiger partial charge is 0.0334 e. The van der Waals surface area contributed by atoms with E-state index >= 15 is 0 Å². The van der Waals surface area contributed by atoms with Gasteiger partial charge in [0.25, 0.3) is 0 Å². The van der Waals surface area contributed by atoms with Crippen molar-refractivity contribution >= 4 is 0 Å². The van der Waals surface area contributed by atoms with Crippen LogP contribution in [-0.4, -0.2) is 10.9 Å². The van der Waals surface area contributed by atoms with Gasteiger partial charge in [-0.15, -0.1) is 0 Å². The van der Waals surface area contributed by atoms with Crippen molar-refractivity contribution in [2.75, 3.05) is 0 Å². The molecule has 0 heterocycles. The molecule has 1 rings (SSSR count). The van der Waals surface area contributed by atoms with Gasteiger partial charge >= 0.3 is 0 Å². The summed E-state index contributed by atoms with van der Waals surface area (Å²) in [7, 11) is 0. The summed E-state index contributed by atoms with van der Waals surface area (Å²) in [5, 5.41) is 0. The quantitative estimate of drug-likeness (QED) is 0.555. The average molecular weight is 123 g/mol. The van der Waals surface area contributed by atoms with E-state index in [2.05, 4.69) is 18.1 Å². The summed E-state index contributed by atoms with van der Waals surface area (Å²) in [5.41, 5.74) is 1.10. The SMILES string of the molecule is C=CN(C(=C)C)C1CC1. The summed E-state index contributed by atoms with van der Waals surface area (Å²) >= 11 is 0. The molecule has 1 nitrogen and oxygen atoms in total. The monoisotopic (exact) mass is 123 g/mol. The fourth-order valence-corrected chi connectivity index (χ4v) is 0.969. The molecule has 1 fully saturated rings. The highest BCUT2D eigenvalue weighted by Crippen LogP contribution is 2.29. The van der Waals surface area contributed by atoms with E-state index in [1.165, 1.54) is 12.8 Å². The molecule has 0 bridgehead atoms. The van der Waals surface area contributed by atoms with Gasteiger partial charge in [0.1, 0.15) is 0 Å². The molecule has 0 aromatic rings. The van der Waals surface area contributed by atoms with Gasteiger partial charge in [-0.2, -0.15) is 0 Å². The minimum atomic E-state index is 0.722. The summed E-state index contributed by atoms with van der Waals surface area (Å²) < 4.78 is 0. The van der Waals surface area contributed by atoms with Crippen molar-refractivity contribution in [3.8, 4) is 0 Å². The molecule has 0 amide bonds. The van der Waals surface area contributed by atoms with Crippen LogP contribution in [0.4, 0.5) is 0 Å². The van der Waals surface area contributed by atoms with E-state index in [9.17, 15) is 0 Å². The Morgan fingerprint density at radius 2 is 2.22 bits per heavy atom. The van der Waals surface area contributed by atoms with Crippen LogP contribution >= 0.6 is 0 Å². The van der Waals surface area contributed by atoms with Crippen LogP contribution in [0.15, 0.2) is 25.1 Å². The molecule has 9 heavy (non-hydrogen) atoms. The molecular formula is C8H13N. The van der Waals surface area contributed by atoms with Crippen molar-refractivity contribution in [3.63, 3.8) is 0 Å².